The highest BCUT2D eigenvalue weighted by molar-refractivity contribution is 6.31. The lowest BCUT2D eigenvalue weighted by atomic mass is 9.98. The van der Waals surface area contributed by atoms with E-state index < -0.39 is 11.2 Å². The number of hydrogen-bond acceptors (Lipinski definition) is 0. The lowest BCUT2D eigenvalue weighted by Gasteiger charge is -2.15. The topological polar surface area (TPSA) is 0 Å². The van der Waals surface area contributed by atoms with Gasteiger partial charge in [0.25, 0.3) is 0 Å². The van der Waals surface area contributed by atoms with Crippen molar-refractivity contribution in [3.63, 3.8) is 0 Å². The van der Waals surface area contributed by atoms with E-state index in [4.69, 9.17) is 34.8 Å². The summed E-state index contributed by atoms with van der Waals surface area (Å²) in [6, 6.07) is 8.41. The molecular weight excluding hydrogens is 306 g/mol. The molecule has 0 spiro atoms. The standard InChI is InChI=1S/C15H12Cl3F/c1-8-6-13(17)9(2)5-11(8)15(18)10-3-4-12(16)14(19)7-10/h3-7,15H,1-2H3. The van der Waals surface area contributed by atoms with E-state index in [1.54, 1.807) is 6.07 Å². The van der Waals surface area contributed by atoms with Crippen molar-refractivity contribution in [1.29, 1.82) is 0 Å². The molecule has 0 N–H and O–H groups in total. The predicted molar refractivity (Wildman–Crippen MR) is 80.0 cm³/mol. The first-order valence-electron chi connectivity index (χ1n) is 5.76. The van der Waals surface area contributed by atoms with E-state index in [0.29, 0.717) is 10.6 Å². The molecule has 0 heterocycles. The third-order valence-electron chi connectivity index (χ3n) is 3.06. The van der Waals surface area contributed by atoms with Gasteiger partial charge in [-0.25, -0.2) is 4.39 Å². The van der Waals surface area contributed by atoms with Crippen LogP contribution in [0, 0.1) is 19.7 Å². The Labute approximate surface area is 127 Å². The highest BCUT2D eigenvalue weighted by atomic mass is 35.5. The van der Waals surface area contributed by atoms with Crippen molar-refractivity contribution < 1.29 is 4.39 Å². The maximum atomic E-state index is 13.5. The van der Waals surface area contributed by atoms with E-state index >= 15 is 0 Å². The average Bonchev–Trinajstić information content (AvgIpc) is 2.36. The highest BCUT2D eigenvalue weighted by Crippen LogP contribution is 2.34. The van der Waals surface area contributed by atoms with Gasteiger partial charge in [-0.05, 0) is 54.3 Å². The molecule has 100 valence electrons. The fourth-order valence-corrected chi connectivity index (χ4v) is 2.63. The third-order valence-corrected chi connectivity index (χ3v) is 4.26. The minimum atomic E-state index is -0.465. The average molecular weight is 318 g/mol. The van der Waals surface area contributed by atoms with Gasteiger partial charge in [0, 0.05) is 5.02 Å². The van der Waals surface area contributed by atoms with Crippen LogP contribution in [0.4, 0.5) is 4.39 Å². The van der Waals surface area contributed by atoms with E-state index in [2.05, 4.69) is 0 Å². The molecule has 1 unspecified atom stereocenters. The molecule has 0 aliphatic heterocycles. The van der Waals surface area contributed by atoms with Crippen LogP contribution in [0.25, 0.3) is 0 Å². The molecule has 0 aliphatic rings. The molecule has 0 saturated heterocycles. The van der Waals surface area contributed by atoms with Crippen LogP contribution in [-0.2, 0) is 0 Å². The molecule has 0 radical (unpaired) electrons. The Morgan fingerprint density at radius 1 is 0.947 bits per heavy atom. The molecule has 4 heteroatoms. The lowest BCUT2D eigenvalue weighted by Crippen LogP contribution is -1.98. The van der Waals surface area contributed by atoms with Gasteiger partial charge in [0.05, 0.1) is 10.4 Å². The fourth-order valence-electron chi connectivity index (χ4n) is 1.93. The molecule has 0 nitrogen and oxygen atoms in total. The Kier molecular flexibility index (Phi) is 4.39. The number of benzene rings is 2. The summed E-state index contributed by atoms with van der Waals surface area (Å²) >= 11 is 18.2. The van der Waals surface area contributed by atoms with E-state index in [9.17, 15) is 4.39 Å². The van der Waals surface area contributed by atoms with Crippen LogP contribution in [-0.4, -0.2) is 0 Å². The molecule has 0 amide bonds. The molecule has 2 aromatic rings. The van der Waals surface area contributed by atoms with Gasteiger partial charge in [-0.15, -0.1) is 11.6 Å². The Balaban J connectivity index is 2.46. The molecular formula is C15H12Cl3F. The Bertz CT molecular complexity index is 623. The monoisotopic (exact) mass is 316 g/mol. The second kappa shape index (κ2) is 5.70. The SMILES string of the molecule is Cc1cc(C(Cl)c2ccc(Cl)c(F)c2)c(C)cc1Cl. The summed E-state index contributed by atoms with van der Waals surface area (Å²) in [6.45, 7) is 3.85. The van der Waals surface area contributed by atoms with Crippen molar-refractivity contribution in [2.24, 2.45) is 0 Å². The first-order chi connectivity index (χ1) is 8.90. The minimum Gasteiger partial charge on any atom is -0.205 e. The maximum absolute atomic E-state index is 13.5. The number of halogens is 4. The maximum Gasteiger partial charge on any atom is 0.142 e. The summed E-state index contributed by atoms with van der Waals surface area (Å²) in [6.07, 6.45) is 0. The van der Waals surface area contributed by atoms with Gasteiger partial charge >= 0.3 is 0 Å². The Morgan fingerprint density at radius 3 is 2.26 bits per heavy atom. The summed E-state index contributed by atoms with van der Waals surface area (Å²) < 4.78 is 13.5. The summed E-state index contributed by atoms with van der Waals surface area (Å²) in [7, 11) is 0. The van der Waals surface area contributed by atoms with Crippen molar-refractivity contribution in [3.8, 4) is 0 Å². The first-order valence-corrected chi connectivity index (χ1v) is 6.95. The first kappa shape index (κ1) is 14.6. The van der Waals surface area contributed by atoms with Crippen molar-refractivity contribution in [2.45, 2.75) is 19.2 Å². The van der Waals surface area contributed by atoms with E-state index in [0.717, 1.165) is 16.7 Å². The van der Waals surface area contributed by atoms with Gasteiger partial charge < -0.3 is 0 Å². The number of alkyl halides is 1. The van der Waals surface area contributed by atoms with Crippen LogP contribution in [0.2, 0.25) is 10.0 Å². The second-order valence-electron chi connectivity index (χ2n) is 4.49. The van der Waals surface area contributed by atoms with E-state index in [1.807, 2.05) is 26.0 Å². The van der Waals surface area contributed by atoms with Crippen molar-refractivity contribution in [3.05, 3.63) is 68.4 Å². The van der Waals surface area contributed by atoms with Gasteiger partial charge in [-0.1, -0.05) is 35.3 Å². The van der Waals surface area contributed by atoms with Gasteiger partial charge in [0.15, 0.2) is 0 Å². The zero-order chi connectivity index (χ0) is 14.2. The zero-order valence-corrected chi connectivity index (χ0v) is 12.7. The molecule has 0 fully saturated rings. The molecule has 2 aromatic carbocycles. The summed E-state index contributed by atoms with van der Waals surface area (Å²) in [5.41, 5.74) is 3.52. The summed E-state index contributed by atoms with van der Waals surface area (Å²) in [5.74, 6) is -0.465. The largest absolute Gasteiger partial charge is 0.205 e. The van der Waals surface area contributed by atoms with Crippen molar-refractivity contribution in [2.75, 3.05) is 0 Å². The van der Waals surface area contributed by atoms with Crippen LogP contribution >= 0.6 is 34.8 Å². The molecule has 0 aliphatic carbocycles. The predicted octanol–water partition coefficient (Wildman–Crippen LogP) is 6.08. The van der Waals surface area contributed by atoms with Crippen LogP contribution in [0.3, 0.4) is 0 Å². The molecule has 0 aromatic heterocycles. The Morgan fingerprint density at radius 2 is 1.63 bits per heavy atom. The molecule has 19 heavy (non-hydrogen) atoms. The van der Waals surface area contributed by atoms with Crippen LogP contribution in [0.15, 0.2) is 30.3 Å². The second-order valence-corrected chi connectivity index (χ2v) is 5.74. The summed E-state index contributed by atoms with van der Waals surface area (Å²) in [5, 5.41) is 0.367. The number of hydrogen-bond donors (Lipinski definition) is 0. The molecule has 0 saturated carbocycles. The molecule has 2 rings (SSSR count). The quantitative estimate of drug-likeness (QED) is 0.589. The Hall–Kier alpha value is -0.760. The van der Waals surface area contributed by atoms with Gasteiger partial charge in [-0.3, -0.25) is 0 Å². The molecule has 1 atom stereocenters. The van der Waals surface area contributed by atoms with Crippen LogP contribution in [0.1, 0.15) is 27.6 Å². The smallest absolute Gasteiger partial charge is 0.142 e. The number of rotatable bonds is 2. The van der Waals surface area contributed by atoms with Crippen LogP contribution < -0.4 is 0 Å². The van der Waals surface area contributed by atoms with Gasteiger partial charge in [0.2, 0.25) is 0 Å². The minimum absolute atomic E-state index is 0.0941. The third kappa shape index (κ3) is 3.05. The highest BCUT2D eigenvalue weighted by Gasteiger charge is 2.16. The van der Waals surface area contributed by atoms with Gasteiger partial charge in [0.1, 0.15) is 5.82 Å². The molecule has 0 bridgehead atoms. The van der Waals surface area contributed by atoms with Gasteiger partial charge in [-0.2, -0.15) is 0 Å². The van der Waals surface area contributed by atoms with E-state index in [-0.39, 0.29) is 5.02 Å². The number of aryl methyl sites for hydroxylation is 2. The lowest BCUT2D eigenvalue weighted by molar-refractivity contribution is 0.626. The van der Waals surface area contributed by atoms with Crippen molar-refractivity contribution >= 4 is 34.8 Å². The van der Waals surface area contributed by atoms with Crippen LogP contribution in [0.5, 0.6) is 0 Å². The fraction of sp³-hybridized carbons (Fsp3) is 0.200. The van der Waals surface area contributed by atoms with E-state index in [1.165, 1.54) is 12.1 Å². The normalized spacial score (nSPS) is 12.5. The summed E-state index contributed by atoms with van der Waals surface area (Å²) in [4.78, 5) is 0. The van der Waals surface area contributed by atoms with Crippen molar-refractivity contribution in [1.82, 2.24) is 0 Å². The zero-order valence-electron chi connectivity index (χ0n) is 10.5.